The summed E-state index contributed by atoms with van der Waals surface area (Å²) in [5.74, 6) is 1.00. The first-order chi connectivity index (χ1) is 20.5. The smallest absolute Gasteiger partial charge is 0.410 e. The Balaban J connectivity index is 1.19. The number of pyridine rings is 1. The molecule has 12 heteroatoms. The number of aromatic nitrogens is 2. The second kappa shape index (κ2) is 10.3. The average molecular weight is 621 g/mol. The molecule has 0 unspecified atom stereocenters. The minimum absolute atomic E-state index is 0.147. The Labute approximate surface area is 256 Å². The van der Waals surface area contributed by atoms with Crippen LogP contribution in [0.4, 0.5) is 4.79 Å². The van der Waals surface area contributed by atoms with Crippen LogP contribution in [-0.2, 0) is 40.3 Å². The molecular formula is C31H29ClN4O6S. The van der Waals surface area contributed by atoms with E-state index in [1.54, 1.807) is 11.1 Å². The highest BCUT2D eigenvalue weighted by Gasteiger charge is 2.37. The maximum absolute atomic E-state index is 12.8. The minimum Gasteiger partial charge on any atom is -0.481 e. The SMILES string of the molecule is CC(C)(C)OC(=O)N1CCc2noc([C@H]3Cc4cc(Cl)cc(-c5ccnc6cc(CN7C(=O)CCC7=O)sc56)c4O3)c2C1. The Morgan fingerprint density at radius 1 is 1.14 bits per heavy atom. The number of fused-ring (bicyclic) bond motifs is 3. The van der Waals surface area contributed by atoms with E-state index < -0.39 is 11.7 Å². The third-order valence-corrected chi connectivity index (χ3v) is 9.19. The number of imide groups is 1. The van der Waals surface area contributed by atoms with Crippen LogP contribution in [0.15, 0.2) is 35.0 Å². The summed E-state index contributed by atoms with van der Waals surface area (Å²) >= 11 is 8.13. The van der Waals surface area contributed by atoms with Crippen molar-refractivity contribution < 1.29 is 28.4 Å². The predicted octanol–water partition coefficient (Wildman–Crippen LogP) is 6.22. The van der Waals surface area contributed by atoms with Crippen molar-refractivity contribution in [1.82, 2.24) is 19.9 Å². The number of likely N-dealkylation sites (tertiary alicyclic amines) is 1. The van der Waals surface area contributed by atoms with E-state index in [-0.39, 0.29) is 37.3 Å². The van der Waals surface area contributed by atoms with E-state index in [0.29, 0.717) is 42.5 Å². The standard InChI is InChI=1S/C31H29ClN4O6S/c1-31(2,3)41-30(39)35-9-7-22-21(15-35)28(42-34-22)24-11-16-10-17(32)12-20(27(16)40-24)19-6-8-33-23-13-18(43-29(19)23)14-36-25(37)4-5-26(36)38/h6,8,10,12-13,24H,4-5,7,9,11,14-15H2,1-3H3/t24-/m1/s1. The van der Waals surface area contributed by atoms with Crippen molar-refractivity contribution in [2.75, 3.05) is 6.54 Å². The number of nitrogens with zero attached hydrogens (tertiary/aromatic N) is 4. The number of ether oxygens (including phenoxy) is 2. The highest BCUT2D eigenvalue weighted by Crippen LogP contribution is 2.48. The van der Waals surface area contributed by atoms with Gasteiger partial charge in [0.15, 0.2) is 11.9 Å². The zero-order valence-electron chi connectivity index (χ0n) is 23.9. The van der Waals surface area contributed by atoms with Crippen molar-refractivity contribution in [3.8, 4) is 16.9 Å². The first-order valence-electron chi connectivity index (χ1n) is 14.2. The lowest BCUT2D eigenvalue weighted by Gasteiger charge is -2.29. The largest absolute Gasteiger partial charge is 0.481 e. The van der Waals surface area contributed by atoms with Crippen molar-refractivity contribution in [3.05, 3.63) is 62.9 Å². The van der Waals surface area contributed by atoms with Gasteiger partial charge in [-0.3, -0.25) is 19.5 Å². The number of hydrogen-bond donors (Lipinski definition) is 0. The van der Waals surface area contributed by atoms with Gasteiger partial charge in [-0.15, -0.1) is 11.3 Å². The van der Waals surface area contributed by atoms with E-state index in [4.69, 9.17) is 25.6 Å². The quantitative estimate of drug-likeness (QED) is 0.247. The molecule has 0 N–H and O–H groups in total. The number of hydrogen-bond acceptors (Lipinski definition) is 9. The van der Waals surface area contributed by atoms with Crippen molar-refractivity contribution in [2.45, 2.75) is 71.2 Å². The molecule has 1 atom stereocenters. The van der Waals surface area contributed by atoms with E-state index in [1.165, 1.54) is 16.2 Å². The lowest BCUT2D eigenvalue weighted by molar-refractivity contribution is -0.139. The molecule has 0 aliphatic carbocycles. The Hall–Kier alpha value is -3.96. The van der Waals surface area contributed by atoms with Crippen LogP contribution in [0.25, 0.3) is 21.3 Å². The summed E-state index contributed by atoms with van der Waals surface area (Å²) in [5.41, 5.74) is 4.51. The molecule has 7 rings (SSSR count). The highest BCUT2D eigenvalue weighted by molar-refractivity contribution is 7.19. The molecule has 1 aromatic carbocycles. The van der Waals surface area contributed by atoms with Gasteiger partial charge in [-0.2, -0.15) is 0 Å². The lowest BCUT2D eigenvalue weighted by atomic mass is 9.98. The fraction of sp³-hybridized carbons (Fsp3) is 0.387. The fourth-order valence-electron chi connectivity index (χ4n) is 5.87. The fourth-order valence-corrected chi connectivity index (χ4v) is 7.24. The zero-order chi connectivity index (χ0) is 30.0. The van der Waals surface area contributed by atoms with Crippen LogP contribution in [-0.4, -0.2) is 50.0 Å². The van der Waals surface area contributed by atoms with Crippen LogP contribution in [0.1, 0.15) is 67.2 Å². The molecule has 43 heavy (non-hydrogen) atoms. The van der Waals surface area contributed by atoms with Gasteiger partial charge in [0.25, 0.3) is 0 Å². The molecule has 0 bridgehead atoms. The molecule has 4 aromatic rings. The molecule has 1 fully saturated rings. The predicted molar refractivity (Wildman–Crippen MR) is 159 cm³/mol. The van der Waals surface area contributed by atoms with E-state index >= 15 is 0 Å². The van der Waals surface area contributed by atoms with Gasteiger partial charge in [0.2, 0.25) is 11.8 Å². The van der Waals surface area contributed by atoms with Gasteiger partial charge in [0, 0.05) is 70.6 Å². The average Bonchev–Trinajstić information content (AvgIpc) is 3.73. The highest BCUT2D eigenvalue weighted by atomic mass is 35.5. The maximum Gasteiger partial charge on any atom is 0.410 e. The maximum atomic E-state index is 12.8. The Morgan fingerprint density at radius 2 is 1.93 bits per heavy atom. The van der Waals surface area contributed by atoms with Gasteiger partial charge in [-0.05, 0) is 45.0 Å². The Morgan fingerprint density at radius 3 is 2.70 bits per heavy atom. The molecule has 3 aromatic heterocycles. The van der Waals surface area contributed by atoms with Crippen molar-refractivity contribution in [1.29, 1.82) is 0 Å². The van der Waals surface area contributed by atoms with E-state index in [9.17, 15) is 14.4 Å². The molecule has 6 heterocycles. The summed E-state index contributed by atoms with van der Waals surface area (Å²) in [7, 11) is 0. The summed E-state index contributed by atoms with van der Waals surface area (Å²) in [4.78, 5) is 45.6. The minimum atomic E-state index is -0.592. The molecule has 0 saturated carbocycles. The van der Waals surface area contributed by atoms with Crippen molar-refractivity contribution in [3.63, 3.8) is 0 Å². The summed E-state index contributed by atoms with van der Waals surface area (Å²) in [6.45, 7) is 6.61. The number of rotatable bonds is 4. The number of benzene rings is 1. The number of carbonyl (C=O) groups is 3. The Bertz CT molecular complexity index is 1790. The van der Waals surface area contributed by atoms with Gasteiger partial charge in [0.05, 0.1) is 29.0 Å². The lowest BCUT2D eigenvalue weighted by Crippen LogP contribution is -2.40. The molecule has 0 radical (unpaired) electrons. The van der Waals surface area contributed by atoms with E-state index in [1.807, 2.05) is 45.0 Å². The number of thiophene rings is 1. The Kier molecular flexibility index (Phi) is 6.70. The number of amides is 3. The summed E-state index contributed by atoms with van der Waals surface area (Å²) in [5, 5.41) is 4.88. The van der Waals surface area contributed by atoms with Gasteiger partial charge in [0.1, 0.15) is 11.4 Å². The van der Waals surface area contributed by atoms with Gasteiger partial charge in [-0.25, -0.2) is 4.79 Å². The number of halogens is 1. The van der Waals surface area contributed by atoms with Crippen molar-refractivity contribution >= 4 is 51.1 Å². The van der Waals surface area contributed by atoms with Crippen molar-refractivity contribution in [2.24, 2.45) is 0 Å². The molecular weight excluding hydrogens is 592 g/mol. The molecule has 10 nitrogen and oxygen atoms in total. The molecule has 0 spiro atoms. The second-order valence-electron chi connectivity index (χ2n) is 12.0. The second-order valence-corrected chi connectivity index (χ2v) is 13.6. The van der Waals surface area contributed by atoms with Gasteiger partial charge < -0.3 is 18.9 Å². The monoisotopic (exact) mass is 620 g/mol. The third-order valence-electron chi connectivity index (χ3n) is 7.83. The van der Waals surface area contributed by atoms with Gasteiger partial charge in [-0.1, -0.05) is 16.8 Å². The van der Waals surface area contributed by atoms with Crippen LogP contribution in [0.3, 0.4) is 0 Å². The third kappa shape index (κ3) is 5.14. The first-order valence-corrected chi connectivity index (χ1v) is 15.4. The van der Waals surface area contributed by atoms with E-state index in [2.05, 4.69) is 10.1 Å². The number of carbonyl (C=O) groups excluding carboxylic acids is 3. The zero-order valence-corrected chi connectivity index (χ0v) is 25.5. The molecule has 3 aliphatic heterocycles. The topological polar surface area (TPSA) is 115 Å². The van der Waals surface area contributed by atoms with Gasteiger partial charge >= 0.3 is 6.09 Å². The summed E-state index contributed by atoms with van der Waals surface area (Å²) in [6.07, 6.45) is 2.54. The molecule has 222 valence electrons. The summed E-state index contributed by atoms with van der Waals surface area (Å²) in [6, 6.07) is 7.63. The first kappa shape index (κ1) is 27.8. The van der Waals surface area contributed by atoms with Crippen LogP contribution >= 0.6 is 22.9 Å². The van der Waals surface area contributed by atoms with Crippen LogP contribution < -0.4 is 4.74 Å². The molecule has 3 aliphatic rings. The van der Waals surface area contributed by atoms with Crippen LogP contribution in [0.5, 0.6) is 5.75 Å². The molecule has 3 amide bonds. The van der Waals surface area contributed by atoms with Crippen LogP contribution in [0, 0.1) is 0 Å². The molecule has 1 saturated heterocycles. The summed E-state index contributed by atoms with van der Waals surface area (Å²) < 4.78 is 18.9. The van der Waals surface area contributed by atoms with E-state index in [0.717, 1.165) is 43.0 Å². The van der Waals surface area contributed by atoms with Crippen LogP contribution in [0.2, 0.25) is 5.02 Å². The normalized spacial score (nSPS) is 18.3.